The van der Waals surface area contributed by atoms with Gasteiger partial charge in [-0.1, -0.05) is 32.9 Å². The Morgan fingerprint density at radius 2 is 1.88 bits per heavy atom. The quantitative estimate of drug-likeness (QED) is 0.857. The van der Waals surface area contributed by atoms with E-state index in [9.17, 15) is 4.79 Å². The van der Waals surface area contributed by atoms with Crippen molar-refractivity contribution in [1.29, 1.82) is 0 Å². The van der Waals surface area contributed by atoms with Gasteiger partial charge in [-0.2, -0.15) is 5.10 Å². The zero-order valence-electron chi connectivity index (χ0n) is 15.3. The smallest absolute Gasteiger partial charge is 0.220 e. The highest BCUT2D eigenvalue weighted by molar-refractivity contribution is 5.76. The van der Waals surface area contributed by atoms with Crippen molar-refractivity contribution in [2.24, 2.45) is 0 Å². The van der Waals surface area contributed by atoms with Crippen molar-refractivity contribution in [2.45, 2.75) is 45.6 Å². The molecule has 0 aliphatic carbocycles. The number of aromatic nitrogens is 2. The van der Waals surface area contributed by atoms with Gasteiger partial charge in [-0.15, -0.1) is 0 Å². The average Bonchev–Trinajstić information content (AvgIpc) is 3.00. The number of amides is 1. The van der Waals surface area contributed by atoms with Crippen LogP contribution in [0.4, 0.5) is 5.69 Å². The van der Waals surface area contributed by atoms with Crippen LogP contribution >= 0.6 is 0 Å². The minimum Gasteiger partial charge on any atom is -0.378 e. The van der Waals surface area contributed by atoms with E-state index in [1.54, 1.807) is 0 Å². The number of carbonyl (C=O) groups is 1. The fraction of sp³-hybridized carbons (Fsp3) is 0.474. The van der Waals surface area contributed by atoms with Crippen LogP contribution in [0.2, 0.25) is 0 Å². The molecule has 0 aliphatic heterocycles. The molecule has 2 N–H and O–H groups in total. The SMILES string of the molecule is CN(C)c1ccc(CCC(=O)NCc2cc(C(C)(C)C)n[nH]2)cc1. The molecule has 0 atom stereocenters. The Morgan fingerprint density at radius 1 is 1.21 bits per heavy atom. The molecule has 2 aromatic rings. The second-order valence-corrected chi connectivity index (χ2v) is 7.37. The van der Waals surface area contributed by atoms with Gasteiger partial charge in [-0.3, -0.25) is 9.89 Å². The van der Waals surface area contributed by atoms with Crippen LogP contribution in [-0.2, 0) is 23.2 Å². The minimum atomic E-state index is 0.0114. The molecule has 5 nitrogen and oxygen atoms in total. The molecule has 24 heavy (non-hydrogen) atoms. The Labute approximate surface area is 144 Å². The van der Waals surface area contributed by atoms with Gasteiger partial charge in [0.1, 0.15) is 0 Å². The van der Waals surface area contributed by atoms with Gasteiger partial charge >= 0.3 is 0 Å². The van der Waals surface area contributed by atoms with Crippen molar-refractivity contribution < 1.29 is 4.79 Å². The van der Waals surface area contributed by atoms with Crippen molar-refractivity contribution in [3.8, 4) is 0 Å². The predicted octanol–water partition coefficient (Wildman–Crippen LogP) is 3.02. The normalized spacial score (nSPS) is 11.4. The van der Waals surface area contributed by atoms with Crippen LogP contribution in [0.1, 0.15) is 44.1 Å². The molecule has 1 aromatic carbocycles. The number of aryl methyl sites for hydroxylation is 1. The molecule has 0 radical (unpaired) electrons. The fourth-order valence-electron chi connectivity index (χ4n) is 2.34. The number of aromatic amines is 1. The van der Waals surface area contributed by atoms with Gasteiger partial charge in [0.2, 0.25) is 5.91 Å². The number of hydrogen-bond donors (Lipinski definition) is 2. The summed E-state index contributed by atoms with van der Waals surface area (Å²) in [5, 5.41) is 10.2. The number of hydrogen-bond acceptors (Lipinski definition) is 3. The molecule has 1 heterocycles. The van der Waals surface area contributed by atoms with Crippen LogP contribution in [0.15, 0.2) is 30.3 Å². The molecule has 0 saturated heterocycles. The third-order valence-corrected chi connectivity index (χ3v) is 3.97. The first-order valence-electron chi connectivity index (χ1n) is 8.33. The van der Waals surface area contributed by atoms with E-state index in [4.69, 9.17) is 0 Å². The topological polar surface area (TPSA) is 61.0 Å². The van der Waals surface area contributed by atoms with Crippen LogP contribution < -0.4 is 10.2 Å². The van der Waals surface area contributed by atoms with E-state index in [-0.39, 0.29) is 11.3 Å². The van der Waals surface area contributed by atoms with Crippen LogP contribution in [0, 0.1) is 0 Å². The molecule has 5 heteroatoms. The summed E-state index contributed by atoms with van der Waals surface area (Å²) in [6.45, 7) is 6.84. The number of rotatable bonds is 6. The van der Waals surface area contributed by atoms with Gasteiger partial charge in [-0.05, 0) is 30.2 Å². The van der Waals surface area contributed by atoms with Gasteiger partial charge in [0.25, 0.3) is 0 Å². The van der Waals surface area contributed by atoms with Crippen molar-refractivity contribution >= 4 is 11.6 Å². The maximum atomic E-state index is 12.0. The van der Waals surface area contributed by atoms with Crippen molar-refractivity contribution in [2.75, 3.05) is 19.0 Å². The maximum absolute atomic E-state index is 12.0. The largest absolute Gasteiger partial charge is 0.378 e. The lowest BCUT2D eigenvalue weighted by atomic mass is 9.92. The number of benzene rings is 1. The Morgan fingerprint density at radius 3 is 2.42 bits per heavy atom. The van der Waals surface area contributed by atoms with Crippen LogP contribution in [-0.4, -0.2) is 30.2 Å². The van der Waals surface area contributed by atoms with E-state index < -0.39 is 0 Å². The molecule has 1 aromatic heterocycles. The van der Waals surface area contributed by atoms with E-state index in [2.05, 4.69) is 65.5 Å². The summed E-state index contributed by atoms with van der Waals surface area (Å²) in [5.41, 5.74) is 4.29. The highest BCUT2D eigenvalue weighted by atomic mass is 16.1. The summed E-state index contributed by atoms with van der Waals surface area (Å²) in [4.78, 5) is 14.1. The summed E-state index contributed by atoms with van der Waals surface area (Å²) in [6, 6.07) is 10.3. The third kappa shape index (κ3) is 5.11. The van der Waals surface area contributed by atoms with Crippen molar-refractivity contribution in [1.82, 2.24) is 15.5 Å². The number of nitrogens with zero attached hydrogens (tertiary/aromatic N) is 2. The molecule has 0 bridgehead atoms. The van der Waals surface area contributed by atoms with E-state index in [0.29, 0.717) is 13.0 Å². The molecule has 130 valence electrons. The van der Waals surface area contributed by atoms with Crippen LogP contribution in [0.3, 0.4) is 0 Å². The monoisotopic (exact) mass is 328 g/mol. The first kappa shape index (κ1) is 18.0. The lowest BCUT2D eigenvalue weighted by molar-refractivity contribution is -0.121. The van der Waals surface area contributed by atoms with Gasteiger partial charge in [0.05, 0.1) is 17.9 Å². The Balaban J connectivity index is 1.78. The number of anilines is 1. The molecular formula is C19H28N4O. The zero-order chi connectivity index (χ0) is 17.7. The standard InChI is InChI=1S/C19H28N4O/c1-19(2,3)17-12-15(21-22-17)13-20-18(24)11-8-14-6-9-16(10-7-14)23(4)5/h6-7,9-10,12H,8,11,13H2,1-5H3,(H,20,24)(H,21,22). The second-order valence-electron chi connectivity index (χ2n) is 7.37. The molecule has 0 fully saturated rings. The Hall–Kier alpha value is -2.30. The lowest BCUT2D eigenvalue weighted by Crippen LogP contribution is -2.23. The van der Waals surface area contributed by atoms with Crippen LogP contribution in [0.25, 0.3) is 0 Å². The highest BCUT2D eigenvalue weighted by Crippen LogP contribution is 2.20. The Kier molecular flexibility index (Phi) is 5.65. The summed E-state index contributed by atoms with van der Waals surface area (Å²) in [6.07, 6.45) is 1.23. The zero-order valence-corrected chi connectivity index (χ0v) is 15.3. The summed E-state index contributed by atoms with van der Waals surface area (Å²) < 4.78 is 0. The number of nitrogens with one attached hydrogen (secondary N) is 2. The molecule has 0 aliphatic rings. The van der Waals surface area contributed by atoms with Gasteiger partial charge in [0.15, 0.2) is 0 Å². The van der Waals surface area contributed by atoms with Crippen molar-refractivity contribution in [3.63, 3.8) is 0 Å². The number of carbonyl (C=O) groups excluding carboxylic acids is 1. The van der Waals surface area contributed by atoms with Gasteiger partial charge in [-0.25, -0.2) is 0 Å². The summed E-state index contributed by atoms with van der Waals surface area (Å²) in [7, 11) is 4.03. The lowest BCUT2D eigenvalue weighted by Gasteiger charge is -2.13. The molecule has 0 unspecified atom stereocenters. The average molecular weight is 328 g/mol. The Bertz CT molecular complexity index is 665. The van der Waals surface area contributed by atoms with Gasteiger partial charge in [0, 0.05) is 31.6 Å². The van der Waals surface area contributed by atoms with Crippen LogP contribution in [0.5, 0.6) is 0 Å². The number of H-pyrrole nitrogens is 1. The fourth-order valence-corrected chi connectivity index (χ4v) is 2.34. The first-order valence-corrected chi connectivity index (χ1v) is 8.33. The highest BCUT2D eigenvalue weighted by Gasteiger charge is 2.17. The van der Waals surface area contributed by atoms with Crippen molar-refractivity contribution in [3.05, 3.63) is 47.3 Å². The van der Waals surface area contributed by atoms with E-state index in [1.165, 1.54) is 5.56 Å². The second kappa shape index (κ2) is 7.51. The van der Waals surface area contributed by atoms with E-state index in [1.807, 2.05) is 20.2 Å². The molecule has 2 rings (SSSR count). The third-order valence-electron chi connectivity index (χ3n) is 3.97. The predicted molar refractivity (Wildman–Crippen MR) is 98.2 cm³/mol. The van der Waals surface area contributed by atoms with E-state index >= 15 is 0 Å². The maximum Gasteiger partial charge on any atom is 0.220 e. The molecule has 0 spiro atoms. The molecule has 1 amide bonds. The molecule has 0 saturated carbocycles. The minimum absolute atomic E-state index is 0.0114. The van der Waals surface area contributed by atoms with Gasteiger partial charge < -0.3 is 10.2 Å². The first-order chi connectivity index (χ1) is 11.3. The summed E-state index contributed by atoms with van der Waals surface area (Å²) >= 11 is 0. The molecular weight excluding hydrogens is 300 g/mol. The van der Waals surface area contributed by atoms with E-state index in [0.717, 1.165) is 23.5 Å². The summed E-state index contributed by atoms with van der Waals surface area (Å²) in [5.74, 6) is 0.0543.